The second-order valence-electron chi connectivity index (χ2n) is 5.59. The molecule has 5 nitrogen and oxygen atoms in total. The number of hydrogen-bond donors (Lipinski definition) is 2. The Bertz CT molecular complexity index is 538. The highest BCUT2D eigenvalue weighted by Gasteiger charge is 2.51. The van der Waals surface area contributed by atoms with E-state index in [2.05, 4.69) is 0 Å². The first-order chi connectivity index (χ1) is 9.88. The zero-order chi connectivity index (χ0) is 15.5. The summed E-state index contributed by atoms with van der Waals surface area (Å²) in [4.78, 5) is 22.1. The van der Waals surface area contributed by atoms with Gasteiger partial charge in [-0.15, -0.1) is 0 Å². The van der Waals surface area contributed by atoms with Gasteiger partial charge in [-0.25, -0.2) is 0 Å². The molecule has 1 heterocycles. The van der Waals surface area contributed by atoms with E-state index in [1.54, 1.807) is 30.3 Å². The van der Waals surface area contributed by atoms with E-state index in [9.17, 15) is 19.4 Å². The number of aliphatic carboxylic acids is 1. The van der Waals surface area contributed by atoms with Crippen LogP contribution in [0.3, 0.4) is 0 Å². The van der Waals surface area contributed by atoms with Gasteiger partial charge in [-0.1, -0.05) is 30.3 Å². The van der Waals surface area contributed by atoms with E-state index < -0.39 is 18.5 Å². The zero-order valence-electron chi connectivity index (χ0n) is 12.1. The molecule has 1 saturated heterocycles. The minimum absolute atomic E-state index is 0.0284. The molecule has 0 aliphatic carbocycles. The van der Waals surface area contributed by atoms with Crippen LogP contribution in [0.5, 0.6) is 0 Å². The van der Waals surface area contributed by atoms with Gasteiger partial charge in [-0.3, -0.25) is 9.36 Å². The lowest BCUT2D eigenvalue weighted by molar-refractivity contribution is -0.140. The average molecular weight is 312 g/mol. The van der Waals surface area contributed by atoms with Crippen molar-refractivity contribution in [3.8, 4) is 0 Å². The van der Waals surface area contributed by atoms with E-state index >= 15 is 0 Å². The number of hydrogen-bond acceptors (Lipinski definition) is 3. The summed E-state index contributed by atoms with van der Waals surface area (Å²) in [6.07, 6.45) is 2.17. The highest BCUT2D eigenvalue weighted by molar-refractivity contribution is 7.60. The van der Waals surface area contributed by atoms with Crippen molar-refractivity contribution in [3.05, 3.63) is 35.9 Å². The molecule has 0 bridgehead atoms. The molecular weight excluding hydrogens is 291 g/mol. The third kappa shape index (κ3) is 3.20. The highest BCUT2D eigenvalue weighted by Crippen LogP contribution is 2.60. The summed E-state index contributed by atoms with van der Waals surface area (Å²) < 4.78 is 18.2. The molecule has 0 aromatic heterocycles. The number of benzene rings is 1. The van der Waals surface area contributed by atoms with Gasteiger partial charge < -0.3 is 14.7 Å². The zero-order valence-corrected chi connectivity index (χ0v) is 13.0. The van der Waals surface area contributed by atoms with Crippen LogP contribution in [0.1, 0.15) is 31.7 Å². The topological polar surface area (TPSA) is 83.8 Å². The lowest BCUT2D eigenvalue weighted by Crippen LogP contribution is -2.33. The first-order valence-electron chi connectivity index (χ1n) is 7.10. The molecule has 3 unspecified atom stereocenters. The fraction of sp³-hybridized carbons (Fsp3) is 0.533. The van der Waals surface area contributed by atoms with Crippen LogP contribution in [-0.2, 0) is 19.3 Å². The molecule has 0 amide bonds. The van der Waals surface area contributed by atoms with Crippen molar-refractivity contribution in [3.63, 3.8) is 0 Å². The first-order valence-corrected chi connectivity index (χ1v) is 8.95. The van der Waals surface area contributed by atoms with Crippen molar-refractivity contribution in [2.75, 3.05) is 12.8 Å². The van der Waals surface area contributed by atoms with Crippen LogP contribution in [0.2, 0.25) is 0 Å². The smallest absolute Gasteiger partial charge is 0.323 e. The van der Waals surface area contributed by atoms with Crippen molar-refractivity contribution in [2.45, 2.75) is 37.4 Å². The molecule has 0 saturated carbocycles. The fourth-order valence-corrected chi connectivity index (χ4v) is 4.59. The normalized spacial score (nSPS) is 24.2. The summed E-state index contributed by atoms with van der Waals surface area (Å²) in [6.45, 7) is 2.01. The molecule has 21 heavy (non-hydrogen) atoms. The number of carbonyl (C=O) groups is 1. The van der Waals surface area contributed by atoms with Crippen LogP contribution in [0.15, 0.2) is 30.3 Å². The second-order valence-corrected chi connectivity index (χ2v) is 8.34. The van der Waals surface area contributed by atoms with Crippen LogP contribution < -0.4 is 0 Å². The van der Waals surface area contributed by atoms with E-state index in [0.29, 0.717) is 18.6 Å². The Balaban J connectivity index is 2.23. The second kappa shape index (κ2) is 6.30. The summed E-state index contributed by atoms with van der Waals surface area (Å²) in [5.41, 5.74) is 0.357. The van der Waals surface area contributed by atoms with Crippen LogP contribution in [0.4, 0.5) is 0 Å². The monoisotopic (exact) mass is 312 g/mol. The van der Waals surface area contributed by atoms with Crippen molar-refractivity contribution < 1.29 is 24.1 Å². The van der Waals surface area contributed by atoms with Gasteiger partial charge in [0, 0.05) is 12.8 Å². The minimum atomic E-state index is -3.92. The molecule has 1 aliphatic heterocycles. The molecule has 1 fully saturated rings. The van der Waals surface area contributed by atoms with E-state index in [4.69, 9.17) is 4.74 Å². The maximum atomic E-state index is 12.8. The Kier molecular flexibility index (Phi) is 4.87. The molecule has 1 aliphatic rings. The molecule has 2 rings (SSSR count). The lowest BCUT2D eigenvalue weighted by atomic mass is 10.0. The molecule has 2 N–H and O–H groups in total. The Morgan fingerprint density at radius 1 is 1.43 bits per heavy atom. The van der Waals surface area contributed by atoms with Gasteiger partial charge in [0.1, 0.15) is 0 Å². The van der Waals surface area contributed by atoms with Gasteiger partial charge >= 0.3 is 5.97 Å². The summed E-state index contributed by atoms with van der Waals surface area (Å²) in [5.74, 6) is -1.27. The van der Waals surface area contributed by atoms with Gasteiger partial charge in [-0.05, 0) is 31.7 Å². The van der Waals surface area contributed by atoms with Crippen LogP contribution >= 0.6 is 7.37 Å². The minimum Gasteiger partial charge on any atom is -0.480 e. The molecule has 1 aromatic rings. The largest absolute Gasteiger partial charge is 0.480 e. The predicted molar refractivity (Wildman–Crippen MR) is 79.7 cm³/mol. The summed E-state index contributed by atoms with van der Waals surface area (Å²) in [5, 5.41) is 7.77. The van der Waals surface area contributed by atoms with E-state index in [0.717, 1.165) is 12.8 Å². The third-order valence-corrected chi connectivity index (χ3v) is 6.94. The van der Waals surface area contributed by atoms with E-state index in [1.165, 1.54) is 6.92 Å². The Morgan fingerprint density at radius 2 is 2.10 bits per heavy atom. The summed E-state index contributed by atoms with van der Waals surface area (Å²) >= 11 is 0. The first kappa shape index (κ1) is 16.2. The Morgan fingerprint density at radius 3 is 2.62 bits per heavy atom. The van der Waals surface area contributed by atoms with E-state index in [-0.39, 0.29) is 12.3 Å². The number of carboxylic acid groups (broad SMARTS) is 1. The predicted octanol–water partition coefficient (Wildman–Crippen LogP) is 2.83. The standard InChI is InChI=1S/C15H21O5P/c1-15(14(16)17,12-6-3-2-4-7-12)21(18,19)11-9-13-8-5-10-20-13/h2-4,6-7,13H,5,8-11H2,1H3,(H,16,17)(H,18,19). The maximum absolute atomic E-state index is 12.8. The van der Waals surface area contributed by atoms with Gasteiger partial charge in [0.2, 0.25) is 7.37 Å². The van der Waals surface area contributed by atoms with Gasteiger partial charge in [-0.2, -0.15) is 0 Å². The molecule has 3 atom stereocenters. The van der Waals surface area contributed by atoms with Gasteiger partial charge in [0.05, 0.1) is 6.10 Å². The maximum Gasteiger partial charge on any atom is 0.323 e. The molecular formula is C15H21O5P. The van der Waals surface area contributed by atoms with Crippen molar-refractivity contribution in [1.29, 1.82) is 0 Å². The van der Waals surface area contributed by atoms with Crippen molar-refractivity contribution in [2.24, 2.45) is 0 Å². The lowest BCUT2D eigenvalue weighted by Gasteiger charge is -2.31. The number of carboxylic acids is 1. The van der Waals surface area contributed by atoms with Crippen molar-refractivity contribution >= 4 is 13.3 Å². The van der Waals surface area contributed by atoms with Crippen LogP contribution in [0.25, 0.3) is 0 Å². The Labute approximate surface area is 124 Å². The summed E-state index contributed by atoms with van der Waals surface area (Å²) in [7, 11) is -3.92. The average Bonchev–Trinajstić information content (AvgIpc) is 2.98. The quantitative estimate of drug-likeness (QED) is 0.789. The Hall–Kier alpha value is -1.16. The number of rotatable bonds is 6. The molecule has 0 radical (unpaired) electrons. The molecule has 0 spiro atoms. The highest BCUT2D eigenvalue weighted by atomic mass is 31.2. The fourth-order valence-electron chi connectivity index (χ4n) is 2.65. The third-order valence-electron chi connectivity index (χ3n) is 4.23. The van der Waals surface area contributed by atoms with Crippen molar-refractivity contribution in [1.82, 2.24) is 0 Å². The SMILES string of the molecule is CC(C(=O)O)(c1ccccc1)P(=O)(O)CCC1CCCO1. The summed E-state index contributed by atoms with van der Waals surface area (Å²) in [6, 6.07) is 8.28. The van der Waals surface area contributed by atoms with Gasteiger partial charge in [0.15, 0.2) is 5.16 Å². The molecule has 116 valence electrons. The molecule has 1 aromatic carbocycles. The van der Waals surface area contributed by atoms with Gasteiger partial charge in [0.25, 0.3) is 0 Å². The van der Waals surface area contributed by atoms with Crippen LogP contribution in [-0.4, -0.2) is 34.8 Å². The molecule has 6 heteroatoms. The van der Waals surface area contributed by atoms with E-state index in [1.807, 2.05) is 0 Å². The number of ether oxygens (including phenoxy) is 1. The van der Waals surface area contributed by atoms with Crippen LogP contribution in [0, 0.1) is 0 Å².